The minimum atomic E-state index is -0.888. The van der Waals surface area contributed by atoms with Crippen molar-refractivity contribution in [3.05, 3.63) is 65.7 Å². The lowest BCUT2D eigenvalue weighted by Gasteiger charge is -2.01. The van der Waals surface area contributed by atoms with Gasteiger partial charge in [0.05, 0.1) is 5.69 Å². The molecule has 6 N–H and O–H groups in total. The van der Waals surface area contributed by atoms with Crippen LogP contribution in [0.2, 0.25) is 0 Å². The van der Waals surface area contributed by atoms with Crippen LogP contribution in [0, 0.1) is 11.6 Å². The predicted octanol–water partition coefficient (Wildman–Crippen LogP) is 2.31. The van der Waals surface area contributed by atoms with Crippen molar-refractivity contribution < 1.29 is 18.4 Å². The highest BCUT2D eigenvalue weighted by Gasteiger charge is 2.04. The number of urea groups is 2. The highest BCUT2D eigenvalue weighted by Crippen LogP contribution is 2.14. The van der Waals surface area contributed by atoms with Crippen molar-refractivity contribution >= 4 is 17.7 Å². The van der Waals surface area contributed by atoms with Crippen LogP contribution in [0.25, 0.3) is 0 Å². The Hall–Kier alpha value is -3.16. The fourth-order valence-corrected chi connectivity index (χ4v) is 1.51. The zero-order valence-corrected chi connectivity index (χ0v) is 12.1. The Morgan fingerprint density at radius 1 is 0.957 bits per heavy atom. The molecule has 0 saturated heterocycles. The lowest BCUT2D eigenvalue weighted by Crippen LogP contribution is -2.28. The van der Waals surface area contributed by atoms with Gasteiger partial charge in [0, 0.05) is 12.6 Å². The van der Waals surface area contributed by atoms with Crippen molar-refractivity contribution in [2.24, 2.45) is 11.5 Å². The first kappa shape index (κ1) is 17.9. The largest absolute Gasteiger partial charge is 0.352 e. The molecule has 0 saturated carbocycles. The van der Waals surface area contributed by atoms with Gasteiger partial charge in [0.15, 0.2) is 0 Å². The van der Waals surface area contributed by atoms with E-state index in [9.17, 15) is 18.4 Å². The van der Waals surface area contributed by atoms with Gasteiger partial charge >= 0.3 is 12.1 Å². The lowest BCUT2D eigenvalue weighted by atomic mass is 10.2. The van der Waals surface area contributed by atoms with Gasteiger partial charge in [-0.1, -0.05) is 30.3 Å². The smallest absolute Gasteiger partial charge is 0.316 e. The highest BCUT2D eigenvalue weighted by atomic mass is 19.1. The van der Waals surface area contributed by atoms with E-state index in [4.69, 9.17) is 11.5 Å². The molecule has 4 amide bonds. The maximum atomic E-state index is 12.7. The van der Waals surface area contributed by atoms with E-state index in [-0.39, 0.29) is 5.69 Å². The van der Waals surface area contributed by atoms with E-state index in [0.29, 0.717) is 12.6 Å². The van der Waals surface area contributed by atoms with Crippen LogP contribution in [0.15, 0.2) is 48.5 Å². The summed E-state index contributed by atoms with van der Waals surface area (Å²) in [5.41, 5.74) is 10.5. The van der Waals surface area contributed by atoms with Crippen LogP contribution in [0.3, 0.4) is 0 Å². The standard InChI is InChI=1S/C8H10N2O.C7H6F2N2O/c9-8(11)10-6-7-4-2-1-3-5-7;8-4-1-2-6(5(9)3-4)11-7(10)12/h1-5H,6H2,(H3,9,10,11);1-3H,(H3,10,11,12). The normalized spacial score (nSPS) is 9.30. The molecular formula is C15H16F2N4O2. The Labute approximate surface area is 131 Å². The summed E-state index contributed by atoms with van der Waals surface area (Å²) in [5, 5.41) is 4.50. The van der Waals surface area contributed by atoms with Gasteiger partial charge < -0.3 is 22.1 Å². The van der Waals surface area contributed by atoms with Crippen molar-refractivity contribution in [3.63, 3.8) is 0 Å². The second-order valence-corrected chi connectivity index (χ2v) is 4.32. The molecule has 0 atom stereocenters. The molecule has 0 bridgehead atoms. The fraction of sp³-hybridized carbons (Fsp3) is 0.0667. The van der Waals surface area contributed by atoms with E-state index in [0.717, 1.165) is 17.7 Å². The first-order chi connectivity index (χ1) is 10.9. The third kappa shape index (κ3) is 7.42. The number of nitrogens with two attached hydrogens (primary N) is 2. The van der Waals surface area contributed by atoms with E-state index < -0.39 is 23.7 Å². The molecule has 23 heavy (non-hydrogen) atoms. The quantitative estimate of drug-likeness (QED) is 0.695. The number of carbonyl (C=O) groups is 2. The molecule has 0 radical (unpaired) electrons. The minimum Gasteiger partial charge on any atom is -0.352 e. The third-order valence-electron chi connectivity index (χ3n) is 2.50. The van der Waals surface area contributed by atoms with Crippen LogP contribution >= 0.6 is 0 Å². The Morgan fingerprint density at radius 2 is 1.61 bits per heavy atom. The molecule has 2 rings (SSSR count). The second-order valence-electron chi connectivity index (χ2n) is 4.32. The van der Waals surface area contributed by atoms with E-state index >= 15 is 0 Å². The summed E-state index contributed by atoms with van der Waals surface area (Å²) in [6.45, 7) is 0.496. The molecule has 0 aromatic heterocycles. The van der Waals surface area contributed by atoms with Crippen LogP contribution in [-0.2, 0) is 6.54 Å². The molecule has 0 spiro atoms. The number of halogens is 2. The molecule has 8 heteroatoms. The van der Waals surface area contributed by atoms with Crippen molar-refractivity contribution in [1.29, 1.82) is 0 Å². The predicted molar refractivity (Wildman–Crippen MR) is 82.4 cm³/mol. The van der Waals surface area contributed by atoms with Crippen LogP contribution < -0.4 is 22.1 Å². The number of primary amides is 2. The summed E-state index contributed by atoms with van der Waals surface area (Å²) >= 11 is 0. The first-order valence-electron chi connectivity index (χ1n) is 6.47. The van der Waals surface area contributed by atoms with Gasteiger partial charge in [-0.05, 0) is 17.7 Å². The highest BCUT2D eigenvalue weighted by molar-refractivity contribution is 5.87. The average molecular weight is 322 g/mol. The van der Waals surface area contributed by atoms with Crippen molar-refractivity contribution in [2.75, 3.05) is 5.32 Å². The number of carbonyl (C=O) groups excluding carboxylic acids is 2. The van der Waals surface area contributed by atoms with Gasteiger partial charge in [-0.3, -0.25) is 0 Å². The number of hydrogen-bond acceptors (Lipinski definition) is 2. The maximum Gasteiger partial charge on any atom is 0.316 e. The van der Waals surface area contributed by atoms with Crippen molar-refractivity contribution in [1.82, 2.24) is 5.32 Å². The summed E-state index contributed by atoms with van der Waals surface area (Å²) in [4.78, 5) is 20.5. The van der Waals surface area contributed by atoms with E-state index in [1.165, 1.54) is 0 Å². The summed E-state index contributed by atoms with van der Waals surface area (Å²) < 4.78 is 25.0. The number of anilines is 1. The van der Waals surface area contributed by atoms with Crippen molar-refractivity contribution in [2.45, 2.75) is 6.54 Å². The van der Waals surface area contributed by atoms with Gasteiger partial charge in [-0.25, -0.2) is 18.4 Å². The van der Waals surface area contributed by atoms with Gasteiger partial charge in [-0.15, -0.1) is 0 Å². The number of benzene rings is 2. The Balaban J connectivity index is 0.000000231. The molecular weight excluding hydrogens is 306 g/mol. The monoisotopic (exact) mass is 322 g/mol. The SMILES string of the molecule is NC(=O)NCc1ccccc1.NC(=O)Nc1ccc(F)cc1F. The zero-order chi connectivity index (χ0) is 17.2. The van der Waals surface area contributed by atoms with Gasteiger partial charge in [0.2, 0.25) is 0 Å². The summed E-state index contributed by atoms with van der Waals surface area (Å²) in [6.07, 6.45) is 0. The van der Waals surface area contributed by atoms with Crippen LogP contribution in [0.1, 0.15) is 5.56 Å². The van der Waals surface area contributed by atoms with E-state index in [1.807, 2.05) is 35.6 Å². The molecule has 0 unspecified atom stereocenters. The molecule has 2 aromatic rings. The van der Waals surface area contributed by atoms with Gasteiger partial charge in [0.1, 0.15) is 11.6 Å². The molecule has 0 heterocycles. The topological polar surface area (TPSA) is 110 Å². The molecule has 0 aliphatic carbocycles. The summed E-state index contributed by atoms with van der Waals surface area (Å²) in [6, 6.07) is 11.0. The van der Waals surface area contributed by atoms with E-state index in [2.05, 4.69) is 5.32 Å². The number of nitrogens with one attached hydrogen (secondary N) is 2. The van der Waals surface area contributed by atoms with Crippen LogP contribution in [-0.4, -0.2) is 12.1 Å². The molecule has 0 aliphatic rings. The van der Waals surface area contributed by atoms with Gasteiger partial charge in [0.25, 0.3) is 0 Å². The zero-order valence-electron chi connectivity index (χ0n) is 12.1. The van der Waals surface area contributed by atoms with Crippen LogP contribution in [0.5, 0.6) is 0 Å². The van der Waals surface area contributed by atoms with Crippen molar-refractivity contribution in [3.8, 4) is 0 Å². The molecule has 0 aliphatic heterocycles. The number of amides is 4. The minimum absolute atomic E-state index is 0.135. The first-order valence-corrected chi connectivity index (χ1v) is 6.47. The average Bonchev–Trinajstić information content (AvgIpc) is 2.49. The summed E-state index contributed by atoms with van der Waals surface area (Å²) in [5.74, 6) is -1.56. The number of hydrogen-bond donors (Lipinski definition) is 4. The van der Waals surface area contributed by atoms with Gasteiger partial charge in [-0.2, -0.15) is 0 Å². The van der Waals surface area contributed by atoms with Crippen LogP contribution in [0.4, 0.5) is 24.1 Å². The second kappa shape index (κ2) is 8.98. The Kier molecular flexibility index (Phi) is 6.99. The number of rotatable bonds is 3. The molecule has 6 nitrogen and oxygen atoms in total. The van der Waals surface area contributed by atoms with E-state index in [1.54, 1.807) is 0 Å². The molecule has 0 fully saturated rings. The fourth-order valence-electron chi connectivity index (χ4n) is 1.51. The Morgan fingerprint density at radius 3 is 2.13 bits per heavy atom. The lowest BCUT2D eigenvalue weighted by molar-refractivity contribution is 0.248. The summed E-state index contributed by atoms with van der Waals surface area (Å²) in [7, 11) is 0. The molecule has 2 aromatic carbocycles. The molecule has 122 valence electrons. The third-order valence-corrected chi connectivity index (χ3v) is 2.50. The maximum absolute atomic E-state index is 12.7. The Bertz CT molecular complexity index is 666.